The highest BCUT2D eigenvalue weighted by molar-refractivity contribution is 6.42. The molecule has 1 aliphatic heterocycles. The Balaban J connectivity index is 1.72. The van der Waals surface area contributed by atoms with Gasteiger partial charge in [-0.1, -0.05) is 43.1 Å². The SMILES string of the molecule is CC(C)CNCC1CCN(Cc2ccc(Cl)c(Cl)c2)CC1. The van der Waals surface area contributed by atoms with Crippen molar-refractivity contribution in [2.45, 2.75) is 33.2 Å². The van der Waals surface area contributed by atoms with E-state index < -0.39 is 0 Å². The van der Waals surface area contributed by atoms with Crippen molar-refractivity contribution in [1.29, 1.82) is 0 Å². The minimum atomic E-state index is 0.635. The highest BCUT2D eigenvalue weighted by Crippen LogP contribution is 2.24. The summed E-state index contributed by atoms with van der Waals surface area (Å²) in [5.74, 6) is 1.56. The van der Waals surface area contributed by atoms with Crippen LogP contribution < -0.4 is 5.32 Å². The summed E-state index contributed by atoms with van der Waals surface area (Å²) in [5, 5.41) is 4.87. The van der Waals surface area contributed by atoms with Gasteiger partial charge >= 0.3 is 0 Å². The van der Waals surface area contributed by atoms with E-state index in [9.17, 15) is 0 Å². The number of nitrogens with one attached hydrogen (secondary N) is 1. The van der Waals surface area contributed by atoms with Crippen molar-refractivity contribution in [3.8, 4) is 0 Å². The molecule has 0 aliphatic carbocycles. The Bertz CT molecular complexity index is 440. The van der Waals surface area contributed by atoms with Gasteiger partial charge in [0.25, 0.3) is 0 Å². The van der Waals surface area contributed by atoms with Crippen LogP contribution in [-0.2, 0) is 6.54 Å². The Kier molecular flexibility index (Phi) is 6.81. The maximum atomic E-state index is 6.08. The Morgan fingerprint density at radius 2 is 1.90 bits per heavy atom. The molecule has 2 nitrogen and oxygen atoms in total. The van der Waals surface area contributed by atoms with Gasteiger partial charge in [0.1, 0.15) is 0 Å². The molecule has 0 atom stereocenters. The lowest BCUT2D eigenvalue weighted by molar-refractivity contribution is 0.175. The molecule has 0 bridgehead atoms. The zero-order valence-corrected chi connectivity index (χ0v) is 14.6. The molecule has 1 heterocycles. The molecule has 1 aromatic rings. The van der Waals surface area contributed by atoms with Crippen molar-refractivity contribution < 1.29 is 0 Å². The first-order chi connectivity index (χ1) is 10.0. The second-order valence-electron chi connectivity index (χ2n) is 6.52. The van der Waals surface area contributed by atoms with E-state index in [0.717, 1.165) is 24.9 Å². The van der Waals surface area contributed by atoms with Crippen LogP contribution >= 0.6 is 23.2 Å². The highest BCUT2D eigenvalue weighted by atomic mass is 35.5. The van der Waals surface area contributed by atoms with E-state index in [0.29, 0.717) is 10.0 Å². The molecular formula is C17H26Cl2N2. The normalized spacial score (nSPS) is 17.6. The molecular weight excluding hydrogens is 303 g/mol. The molecule has 1 aromatic carbocycles. The Morgan fingerprint density at radius 1 is 1.19 bits per heavy atom. The molecule has 0 saturated carbocycles. The van der Waals surface area contributed by atoms with Crippen LogP contribution in [0.4, 0.5) is 0 Å². The molecule has 1 saturated heterocycles. The fraction of sp³-hybridized carbons (Fsp3) is 0.647. The lowest BCUT2D eigenvalue weighted by atomic mass is 9.96. The summed E-state index contributed by atoms with van der Waals surface area (Å²) >= 11 is 12.0. The van der Waals surface area contributed by atoms with Gasteiger partial charge in [0.2, 0.25) is 0 Å². The van der Waals surface area contributed by atoms with Gasteiger partial charge in [0, 0.05) is 6.54 Å². The fourth-order valence-corrected chi connectivity index (χ4v) is 3.14. The number of halogens is 2. The molecule has 0 aromatic heterocycles. The summed E-state index contributed by atoms with van der Waals surface area (Å²) in [6.45, 7) is 10.1. The van der Waals surface area contributed by atoms with Gasteiger partial charge in [-0.2, -0.15) is 0 Å². The van der Waals surface area contributed by atoms with Crippen LogP contribution in [0.2, 0.25) is 10.0 Å². The van der Waals surface area contributed by atoms with E-state index in [2.05, 4.69) is 30.1 Å². The lowest BCUT2D eigenvalue weighted by Crippen LogP contribution is -2.37. The van der Waals surface area contributed by atoms with E-state index in [1.54, 1.807) is 0 Å². The number of hydrogen-bond donors (Lipinski definition) is 1. The molecule has 0 unspecified atom stereocenters. The maximum absolute atomic E-state index is 6.08. The first-order valence-corrected chi connectivity index (χ1v) is 8.67. The first kappa shape index (κ1) is 17.1. The van der Waals surface area contributed by atoms with Gasteiger partial charge in [-0.15, -0.1) is 0 Å². The van der Waals surface area contributed by atoms with Gasteiger partial charge in [-0.05, 0) is 68.6 Å². The number of nitrogens with zero attached hydrogens (tertiary/aromatic N) is 1. The number of hydrogen-bond acceptors (Lipinski definition) is 2. The lowest BCUT2D eigenvalue weighted by Gasteiger charge is -2.32. The molecule has 0 amide bonds. The summed E-state index contributed by atoms with van der Waals surface area (Å²) in [7, 11) is 0. The van der Waals surface area contributed by atoms with E-state index in [-0.39, 0.29) is 0 Å². The van der Waals surface area contributed by atoms with Crippen LogP contribution in [-0.4, -0.2) is 31.1 Å². The average Bonchev–Trinajstić information content (AvgIpc) is 2.44. The third-order valence-electron chi connectivity index (χ3n) is 4.08. The first-order valence-electron chi connectivity index (χ1n) is 7.91. The predicted octanol–water partition coefficient (Wildman–Crippen LogP) is 4.45. The Morgan fingerprint density at radius 3 is 2.52 bits per heavy atom. The number of rotatable bonds is 6. The van der Waals surface area contributed by atoms with Gasteiger partial charge in [-0.3, -0.25) is 4.90 Å². The molecule has 1 fully saturated rings. The molecule has 1 aliphatic rings. The van der Waals surface area contributed by atoms with Crippen molar-refractivity contribution in [3.63, 3.8) is 0 Å². The Hall–Kier alpha value is -0.280. The van der Waals surface area contributed by atoms with E-state index >= 15 is 0 Å². The number of likely N-dealkylation sites (tertiary alicyclic amines) is 1. The average molecular weight is 329 g/mol. The van der Waals surface area contributed by atoms with Crippen LogP contribution in [0.1, 0.15) is 32.3 Å². The minimum absolute atomic E-state index is 0.635. The smallest absolute Gasteiger partial charge is 0.0595 e. The third kappa shape index (κ3) is 5.78. The van der Waals surface area contributed by atoms with E-state index in [1.165, 1.54) is 38.0 Å². The van der Waals surface area contributed by atoms with Crippen molar-refractivity contribution in [1.82, 2.24) is 10.2 Å². The molecule has 2 rings (SSSR count). The maximum Gasteiger partial charge on any atom is 0.0595 e. The summed E-state index contributed by atoms with van der Waals surface area (Å²) in [6.07, 6.45) is 2.57. The van der Waals surface area contributed by atoms with E-state index in [1.807, 2.05) is 12.1 Å². The monoisotopic (exact) mass is 328 g/mol. The van der Waals surface area contributed by atoms with Crippen LogP contribution in [0, 0.1) is 11.8 Å². The molecule has 118 valence electrons. The summed E-state index contributed by atoms with van der Waals surface area (Å²) in [6, 6.07) is 5.95. The van der Waals surface area contributed by atoms with Crippen LogP contribution in [0.3, 0.4) is 0 Å². The summed E-state index contributed by atoms with van der Waals surface area (Å²) < 4.78 is 0. The summed E-state index contributed by atoms with van der Waals surface area (Å²) in [4.78, 5) is 2.51. The standard InChI is InChI=1S/C17H26Cl2N2/c1-13(2)10-20-11-14-5-7-21(8-6-14)12-15-3-4-16(18)17(19)9-15/h3-4,9,13-14,20H,5-8,10-12H2,1-2H3. The van der Waals surface area contributed by atoms with Crippen molar-refractivity contribution >= 4 is 23.2 Å². The van der Waals surface area contributed by atoms with Crippen LogP contribution in [0.25, 0.3) is 0 Å². The van der Waals surface area contributed by atoms with Crippen LogP contribution in [0.15, 0.2) is 18.2 Å². The van der Waals surface area contributed by atoms with Crippen LogP contribution in [0.5, 0.6) is 0 Å². The Labute approximate surface area is 138 Å². The van der Waals surface area contributed by atoms with Gasteiger partial charge < -0.3 is 5.32 Å². The zero-order valence-electron chi connectivity index (χ0n) is 13.0. The largest absolute Gasteiger partial charge is 0.316 e. The van der Waals surface area contributed by atoms with Gasteiger partial charge in [-0.25, -0.2) is 0 Å². The second-order valence-corrected chi connectivity index (χ2v) is 7.33. The number of piperidine rings is 1. The van der Waals surface area contributed by atoms with Crippen molar-refractivity contribution in [2.75, 3.05) is 26.2 Å². The number of benzene rings is 1. The van der Waals surface area contributed by atoms with Crippen molar-refractivity contribution in [3.05, 3.63) is 33.8 Å². The van der Waals surface area contributed by atoms with Crippen molar-refractivity contribution in [2.24, 2.45) is 11.8 Å². The zero-order chi connectivity index (χ0) is 15.2. The second kappa shape index (κ2) is 8.38. The topological polar surface area (TPSA) is 15.3 Å². The van der Waals surface area contributed by atoms with Gasteiger partial charge in [0.05, 0.1) is 10.0 Å². The van der Waals surface area contributed by atoms with Gasteiger partial charge in [0.15, 0.2) is 0 Å². The van der Waals surface area contributed by atoms with E-state index in [4.69, 9.17) is 23.2 Å². The molecule has 21 heavy (non-hydrogen) atoms. The molecule has 4 heteroatoms. The highest BCUT2D eigenvalue weighted by Gasteiger charge is 2.19. The minimum Gasteiger partial charge on any atom is -0.316 e. The quantitative estimate of drug-likeness (QED) is 0.829. The molecule has 0 radical (unpaired) electrons. The third-order valence-corrected chi connectivity index (χ3v) is 4.82. The predicted molar refractivity (Wildman–Crippen MR) is 92.2 cm³/mol. The fourth-order valence-electron chi connectivity index (χ4n) is 2.82. The summed E-state index contributed by atoms with van der Waals surface area (Å²) in [5.41, 5.74) is 1.25. The molecule has 1 N–H and O–H groups in total. The molecule has 0 spiro atoms.